The molecule has 1 aromatic rings. The molecule has 1 N–H and O–H groups in total. The van der Waals surface area contributed by atoms with Crippen LogP contribution in [0.3, 0.4) is 0 Å². The molecule has 1 aromatic heterocycles. The third-order valence-electron chi connectivity index (χ3n) is 2.65. The number of aryl methyl sites for hydroxylation is 1. The van der Waals surface area contributed by atoms with Crippen molar-refractivity contribution in [2.24, 2.45) is 0 Å². The molecule has 0 radical (unpaired) electrons. The Hall–Kier alpha value is -0.600. The molecule has 0 fully saturated rings. The molecule has 0 aliphatic rings. The van der Waals surface area contributed by atoms with E-state index in [1.807, 2.05) is 17.4 Å². The number of hydrogen-bond donors (Lipinski definition) is 1. The van der Waals surface area contributed by atoms with Gasteiger partial charge in [-0.15, -0.1) is 17.9 Å². The summed E-state index contributed by atoms with van der Waals surface area (Å²) in [7, 11) is 0. The van der Waals surface area contributed by atoms with E-state index in [0.29, 0.717) is 6.04 Å². The zero-order chi connectivity index (χ0) is 11.8. The van der Waals surface area contributed by atoms with Gasteiger partial charge in [-0.2, -0.15) is 0 Å². The number of rotatable bonds is 8. The molecule has 1 heterocycles. The van der Waals surface area contributed by atoms with Crippen LogP contribution in [-0.4, -0.2) is 12.6 Å². The van der Waals surface area contributed by atoms with E-state index < -0.39 is 0 Å². The Bertz CT molecular complexity index is 303. The predicted octanol–water partition coefficient (Wildman–Crippen LogP) is 3.80. The minimum Gasteiger partial charge on any atom is -0.313 e. The number of thiophene rings is 1. The van der Waals surface area contributed by atoms with Gasteiger partial charge < -0.3 is 5.32 Å². The van der Waals surface area contributed by atoms with Crippen molar-refractivity contribution in [2.75, 3.05) is 6.54 Å². The molecule has 1 nitrogen and oxygen atoms in total. The van der Waals surface area contributed by atoms with Crippen LogP contribution in [0.2, 0.25) is 0 Å². The molecule has 0 aliphatic heterocycles. The Morgan fingerprint density at radius 1 is 1.38 bits per heavy atom. The van der Waals surface area contributed by atoms with Crippen LogP contribution in [0.4, 0.5) is 0 Å². The molecule has 0 saturated heterocycles. The van der Waals surface area contributed by atoms with Crippen molar-refractivity contribution < 1.29 is 0 Å². The van der Waals surface area contributed by atoms with Gasteiger partial charge in [-0.05, 0) is 44.4 Å². The molecule has 90 valence electrons. The highest BCUT2D eigenvalue weighted by molar-refractivity contribution is 7.11. The lowest BCUT2D eigenvalue weighted by Crippen LogP contribution is -2.31. The monoisotopic (exact) mass is 237 g/mol. The van der Waals surface area contributed by atoms with Crippen LogP contribution in [0.15, 0.2) is 24.8 Å². The third kappa shape index (κ3) is 4.50. The van der Waals surface area contributed by atoms with Crippen molar-refractivity contribution in [3.63, 3.8) is 0 Å². The van der Waals surface area contributed by atoms with Crippen molar-refractivity contribution in [1.29, 1.82) is 0 Å². The molecule has 1 unspecified atom stereocenters. The van der Waals surface area contributed by atoms with Crippen molar-refractivity contribution in [2.45, 2.75) is 45.6 Å². The lowest BCUT2D eigenvalue weighted by atomic mass is 10.1. The molecule has 0 bridgehead atoms. The first-order valence-corrected chi connectivity index (χ1v) is 7.03. The zero-order valence-corrected chi connectivity index (χ0v) is 11.3. The van der Waals surface area contributed by atoms with Crippen LogP contribution >= 0.6 is 11.3 Å². The third-order valence-corrected chi connectivity index (χ3v) is 3.90. The number of hydrogen-bond acceptors (Lipinski definition) is 2. The molecular weight excluding hydrogens is 214 g/mol. The molecule has 16 heavy (non-hydrogen) atoms. The highest BCUT2D eigenvalue weighted by Crippen LogP contribution is 2.19. The van der Waals surface area contributed by atoms with Gasteiger partial charge in [0.1, 0.15) is 0 Å². The molecule has 1 rings (SSSR count). The summed E-state index contributed by atoms with van der Waals surface area (Å²) in [5.41, 5.74) is 0. The van der Waals surface area contributed by atoms with Gasteiger partial charge in [-0.25, -0.2) is 0 Å². The van der Waals surface area contributed by atoms with E-state index >= 15 is 0 Å². The Labute approximate surface area is 104 Å². The fraction of sp³-hybridized carbons (Fsp3) is 0.571. The molecule has 0 spiro atoms. The average molecular weight is 237 g/mol. The van der Waals surface area contributed by atoms with Crippen molar-refractivity contribution >= 4 is 11.3 Å². The molecule has 0 saturated carbocycles. The zero-order valence-electron chi connectivity index (χ0n) is 10.5. The van der Waals surface area contributed by atoms with Crippen LogP contribution in [0.25, 0.3) is 0 Å². The van der Waals surface area contributed by atoms with E-state index in [-0.39, 0.29) is 0 Å². The normalized spacial score (nSPS) is 12.6. The lowest BCUT2D eigenvalue weighted by Gasteiger charge is -2.15. The SMILES string of the molecule is C=CCC(Cc1ccc(CC)s1)NCCC. The van der Waals surface area contributed by atoms with Crippen LogP contribution in [0, 0.1) is 0 Å². The molecule has 0 amide bonds. The fourth-order valence-electron chi connectivity index (χ4n) is 1.75. The van der Waals surface area contributed by atoms with E-state index in [0.717, 1.165) is 25.8 Å². The molecule has 0 aromatic carbocycles. The summed E-state index contributed by atoms with van der Waals surface area (Å²) in [6.45, 7) is 9.36. The molecular formula is C14H23NS. The van der Waals surface area contributed by atoms with E-state index in [1.165, 1.54) is 16.2 Å². The van der Waals surface area contributed by atoms with Gasteiger partial charge in [0.05, 0.1) is 0 Å². The maximum Gasteiger partial charge on any atom is 0.0150 e. The summed E-state index contributed by atoms with van der Waals surface area (Å²) in [6.07, 6.45) is 6.55. The highest BCUT2D eigenvalue weighted by Gasteiger charge is 2.08. The van der Waals surface area contributed by atoms with Gasteiger partial charge in [0, 0.05) is 15.8 Å². The summed E-state index contributed by atoms with van der Waals surface area (Å²) in [6, 6.07) is 5.08. The molecule has 1 atom stereocenters. The Balaban J connectivity index is 2.49. The first-order valence-electron chi connectivity index (χ1n) is 6.22. The fourth-order valence-corrected chi connectivity index (χ4v) is 2.79. The van der Waals surface area contributed by atoms with E-state index in [9.17, 15) is 0 Å². The van der Waals surface area contributed by atoms with Crippen molar-refractivity contribution in [3.05, 3.63) is 34.5 Å². The van der Waals surface area contributed by atoms with Gasteiger partial charge in [-0.1, -0.05) is 19.9 Å². The van der Waals surface area contributed by atoms with E-state index in [2.05, 4.69) is 37.9 Å². The maximum atomic E-state index is 3.83. The van der Waals surface area contributed by atoms with Crippen LogP contribution in [-0.2, 0) is 12.8 Å². The first kappa shape index (κ1) is 13.5. The minimum absolute atomic E-state index is 0.556. The quantitative estimate of drug-likeness (QED) is 0.678. The second-order valence-electron chi connectivity index (χ2n) is 4.10. The summed E-state index contributed by atoms with van der Waals surface area (Å²) in [5, 5.41) is 3.58. The predicted molar refractivity (Wildman–Crippen MR) is 74.3 cm³/mol. The molecule has 2 heteroatoms. The first-order chi connectivity index (χ1) is 7.80. The summed E-state index contributed by atoms with van der Waals surface area (Å²) >= 11 is 1.95. The Morgan fingerprint density at radius 2 is 2.12 bits per heavy atom. The van der Waals surface area contributed by atoms with E-state index in [4.69, 9.17) is 0 Å². The maximum absolute atomic E-state index is 3.83. The van der Waals surface area contributed by atoms with Gasteiger partial charge in [0.15, 0.2) is 0 Å². The van der Waals surface area contributed by atoms with Gasteiger partial charge in [0.2, 0.25) is 0 Å². The van der Waals surface area contributed by atoms with Gasteiger partial charge in [-0.3, -0.25) is 0 Å². The topological polar surface area (TPSA) is 12.0 Å². The average Bonchev–Trinajstić information content (AvgIpc) is 2.74. The van der Waals surface area contributed by atoms with Crippen LogP contribution in [0.1, 0.15) is 36.4 Å². The second-order valence-corrected chi connectivity index (χ2v) is 5.35. The number of nitrogens with one attached hydrogen (secondary N) is 1. The largest absolute Gasteiger partial charge is 0.313 e. The Kier molecular flexibility index (Phi) is 6.43. The van der Waals surface area contributed by atoms with Crippen molar-refractivity contribution in [3.8, 4) is 0 Å². The minimum atomic E-state index is 0.556. The lowest BCUT2D eigenvalue weighted by molar-refractivity contribution is 0.515. The molecule has 0 aliphatic carbocycles. The van der Waals surface area contributed by atoms with E-state index in [1.54, 1.807) is 0 Å². The highest BCUT2D eigenvalue weighted by atomic mass is 32.1. The van der Waals surface area contributed by atoms with Crippen LogP contribution < -0.4 is 5.32 Å². The smallest absolute Gasteiger partial charge is 0.0150 e. The Morgan fingerprint density at radius 3 is 2.69 bits per heavy atom. The standard InChI is InChI=1S/C14H23NS/c1-4-7-12(15-10-5-2)11-14-9-8-13(6-3)16-14/h4,8-9,12,15H,1,5-7,10-11H2,2-3H3. The van der Waals surface area contributed by atoms with Crippen LogP contribution in [0.5, 0.6) is 0 Å². The van der Waals surface area contributed by atoms with Gasteiger partial charge >= 0.3 is 0 Å². The second kappa shape index (κ2) is 7.64. The van der Waals surface area contributed by atoms with Crippen molar-refractivity contribution in [1.82, 2.24) is 5.32 Å². The summed E-state index contributed by atoms with van der Waals surface area (Å²) in [4.78, 5) is 2.98. The summed E-state index contributed by atoms with van der Waals surface area (Å²) < 4.78 is 0. The summed E-state index contributed by atoms with van der Waals surface area (Å²) in [5.74, 6) is 0. The van der Waals surface area contributed by atoms with Gasteiger partial charge in [0.25, 0.3) is 0 Å².